The lowest BCUT2D eigenvalue weighted by Crippen LogP contribution is -2.24. The molecule has 5 heterocycles. The van der Waals surface area contributed by atoms with E-state index < -0.39 is 5.97 Å². The van der Waals surface area contributed by atoms with Crippen LogP contribution in [0.15, 0.2) is 73.8 Å². The maximum atomic E-state index is 13.1. The highest BCUT2D eigenvalue weighted by molar-refractivity contribution is 5.98. The lowest BCUT2D eigenvalue weighted by molar-refractivity contribution is -0.137. The highest BCUT2D eigenvalue weighted by atomic mass is 16.4. The molecule has 0 fully saturated rings. The van der Waals surface area contributed by atoms with Gasteiger partial charge in [-0.2, -0.15) is 0 Å². The Labute approximate surface area is 298 Å². The maximum Gasteiger partial charge on any atom is 0.303 e. The molecule has 2 aliphatic heterocycles. The summed E-state index contributed by atoms with van der Waals surface area (Å²) >= 11 is 0. The highest BCUT2D eigenvalue weighted by Crippen LogP contribution is 2.37. The summed E-state index contributed by atoms with van der Waals surface area (Å²) in [6.45, 7) is 17.0. The van der Waals surface area contributed by atoms with Gasteiger partial charge < -0.3 is 20.4 Å². The number of aromatic amines is 2. The van der Waals surface area contributed by atoms with E-state index in [1.807, 2.05) is 69.3 Å². The zero-order valence-corrected chi connectivity index (χ0v) is 29.9. The monoisotopic (exact) mass is 679 g/mol. The summed E-state index contributed by atoms with van der Waals surface area (Å²) in [7, 11) is 0. The van der Waals surface area contributed by atoms with Crippen molar-refractivity contribution in [3.63, 3.8) is 0 Å². The second-order valence-corrected chi connectivity index (χ2v) is 13.3. The molecule has 8 heteroatoms. The van der Waals surface area contributed by atoms with Gasteiger partial charge in [0.05, 0.1) is 22.8 Å². The Bertz CT molecular complexity index is 2290. The Morgan fingerprint density at radius 1 is 0.745 bits per heavy atom. The molecule has 0 radical (unpaired) electrons. The topological polar surface area (TPSA) is 124 Å². The number of aliphatic carboxylic acids is 1. The number of H-pyrrole nitrogens is 2. The van der Waals surface area contributed by atoms with E-state index in [0.29, 0.717) is 25.8 Å². The van der Waals surface area contributed by atoms with E-state index in [4.69, 9.17) is 9.97 Å². The minimum absolute atomic E-state index is 0.00290. The number of allylic oxidation sites excluding steroid dienone is 5. The maximum absolute atomic E-state index is 13.1. The van der Waals surface area contributed by atoms with Crippen LogP contribution in [0.3, 0.4) is 0 Å². The number of benzene rings is 1. The second kappa shape index (κ2) is 15.0. The number of carboxylic acids is 1. The van der Waals surface area contributed by atoms with E-state index in [1.54, 1.807) is 0 Å². The molecule has 51 heavy (non-hydrogen) atoms. The molecule has 4 N–H and O–H groups in total. The largest absolute Gasteiger partial charge is 0.481 e. The number of fused-ring (bicyclic) bond motifs is 8. The Hall–Kier alpha value is -5.76. The molecular formula is C43H45N5O3. The average molecular weight is 680 g/mol. The van der Waals surface area contributed by atoms with Crippen LogP contribution in [-0.4, -0.2) is 43.5 Å². The lowest BCUT2D eigenvalue weighted by atomic mass is 9.99. The number of hydrogen-bond donors (Lipinski definition) is 4. The van der Waals surface area contributed by atoms with Gasteiger partial charge in [0.1, 0.15) is 0 Å². The third kappa shape index (κ3) is 7.41. The molecule has 260 valence electrons. The van der Waals surface area contributed by atoms with Crippen molar-refractivity contribution in [2.75, 3.05) is 6.54 Å². The summed E-state index contributed by atoms with van der Waals surface area (Å²) in [4.78, 5) is 42.1. The average Bonchev–Trinajstić information content (AvgIpc) is 3.77. The lowest BCUT2D eigenvalue weighted by Gasteiger charge is -2.07. The number of aromatic nitrogens is 4. The molecule has 0 atom stereocenters. The molecule has 3 aromatic heterocycles. The quantitative estimate of drug-likeness (QED) is 0.111. The van der Waals surface area contributed by atoms with Crippen molar-refractivity contribution < 1.29 is 14.7 Å². The van der Waals surface area contributed by atoms with Crippen molar-refractivity contribution in [2.45, 2.75) is 66.2 Å². The highest BCUT2D eigenvalue weighted by Gasteiger charge is 2.21. The first-order chi connectivity index (χ1) is 24.6. The van der Waals surface area contributed by atoms with Crippen molar-refractivity contribution in [2.24, 2.45) is 0 Å². The minimum atomic E-state index is -0.857. The van der Waals surface area contributed by atoms with Crippen LogP contribution in [0.25, 0.3) is 50.4 Å². The first-order valence-electron chi connectivity index (χ1n) is 17.5. The zero-order valence-electron chi connectivity index (χ0n) is 29.9. The number of carboxylic acid groups (broad SMARTS) is 1. The molecule has 0 spiro atoms. The standard InChI is InChI=1S/C43H45N5O3/c1-7-30-25(3)34-21-35-27(5)32(16-18-42(49)44-20-12-15-29-13-10-9-11-14-29)40(47-35)24-41-33(17-19-43(50)51)28(6)37(48-41)23-39-31(8-2)26(4)36(46-39)22-38(30)45-34/h7-11,13-14,21-24,46,48H,1-2,12,15-20H2,3-6H3,(H,44,49)(H,50,51). The van der Waals surface area contributed by atoms with Gasteiger partial charge in [0.2, 0.25) is 5.91 Å². The number of nitrogens with one attached hydrogen (secondary N) is 3. The van der Waals surface area contributed by atoms with Gasteiger partial charge in [-0.05, 0) is 117 Å². The molecule has 8 bridgehead atoms. The molecule has 2 aliphatic rings. The molecule has 0 saturated heterocycles. The predicted molar refractivity (Wildman–Crippen MR) is 209 cm³/mol. The fourth-order valence-electron chi connectivity index (χ4n) is 7.03. The Balaban J connectivity index is 1.47. The first kappa shape index (κ1) is 35.1. The summed E-state index contributed by atoms with van der Waals surface area (Å²) < 4.78 is 0. The van der Waals surface area contributed by atoms with Crippen LogP contribution >= 0.6 is 0 Å². The third-order valence-electron chi connectivity index (χ3n) is 10.0. The third-order valence-corrected chi connectivity index (χ3v) is 10.0. The number of aryl methyl sites for hydroxylation is 4. The van der Waals surface area contributed by atoms with Crippen LogP contribution in [0.4, 0.5) is 0 Å². The molecule has 1 amide bonds. The van der Waals surface area contributed by atoms with E-state index in [-0.39, 0.29) is 12.3 Å². The summed E-state index contributed by atoms with van der Waals surface area (Å²) in [6.07, 6.45) is 6.64. The normalized spacial score (nSPS) is 12.7. The van der Waals surface area contributed by atoms with Crippen LogP contribution in [0, 0.1) is 13.8 Å². The number of hydrogen-bond acceptors (Lipinski definition) is 4. The van der Waals surface area contributed by atoms with Crippen molar-refractivity contribution >= 4 is 62.3 Å². The molecule has 1 aromatic carbocycles. The van der Waals surface area contributed by atoms with Crippen LogP contribution < -0.4 is 5.32 Å². The van der Waals surface area contributed by atoms with Gasteiger partial charge in [-0.1, -0.05) is 55.6 Å². The van der Waals surface area contributed by atoms with E-state index in [1.165, 1.54) is 5.56 Å². The SMILES string of the molecule is C=CC1=C(C)c2cc3nc(cc4[nH]c(cc5[nH]c(cc1n2)c(C)c5C=C)c(C)c4CCC(=O)O)C(CCC(=O)NCCCc1ccccc1)=C3C. The first-order valence-corrected chi connectivity index (χ1v) is 17.5. The molecule has 0 saturated carbocycles. The number of amides is 1. The fourth-order valence-corrected chi connectivity index (χ4v) is 7.03. The minimum Gasteiger partial charge on any atom is -0.481 e. The van der Waals surface area contributed by atoms with Crippen LogP contribution in [0.2, 0.25) is 0 Å². The van der Waals surface area contributed by atoms with Gasteiger partial charge in [0.25, 0.3) is 0 Å². The summed E-state index contributed by atoms with van der Waals surface area (Å²) in [5.74, 6) is -0.860. The molecule has 6 rings (SSSR count). The van der Waals surface area contributed by atoms with Crippen molar-refractivity contribution in [3.05, 3.63) is 124 Å². The smallest absolute Gasteiger partial charge is 0.303 e. The van der Waals surface area contributed by atoms with E-state index >= 15 is 0 Å². The van der Waals surface area contributed by atoms with E-state index in [9.17, 15) is 14.7 Å². The van der Waals surface area contributed by atoms with Gasteiger partial charge in [-0.15, -0.1) is 0 Å². The van der Waals surface area contributed by atoms with Gasteiger partial charge in [-0.25, -0.2) is 9.97 Å². The molecular weight excluding hydrogens is 635 g/mol. The Kier molecular flexibility index (Phi) is 10.3. The summed E-state index contributed by atoms with van der Waals surface area (Å²) in [5, 5.41) is 12.7. The van der Waals surface area contributed by atoms with E-state index in [2.05, 4.69) is 53.6 Å². The number of carbonyl (C=O) groups excluding carboxylic acids is 1. The summed E-state index contributed by atoms with van der Waals surface area (Å²) in [5.41, 5.74) is 15.7. The van der Waals surface area contributed by atoms with Gasteiger partial charge in [-0.3, -0.25) is 9.59 Å². The van der Waals surface area contributed by atoms with Crippen molar-refractivity contribution in [1.82, 2.24) is 25.3 Å². The number of nitrogens with zero attached hydrogens (tertiary/aromatic N) is 2. The molecule has 8 nitrogen and oxygen atoms in total. The van der Waals surface area contributed by atoms with Crippen LogP contribution in [0.5, 0.6) is 0 Å². The summed E-state index contributed by atoms with van der Waals surface area (Å²) in [6, 6.07) is 18.4. The number of rotatable bonds is 12. The van der Waals surface area contributed by atoms with Crippen molar-refractivity contribution in [3.8, 4) is 0 Å². The zero-order chi connectivity index (χ0) is 36.2. The number of carbonyl (C=O) groups is 2. The fraction of sp³-hybridized carbons (Fsp3) is 0.256. The molecule has 0 aliphatic carbocycles. The Morgan fingerprint density at radius 3 is 2.16 bits per heavy atom. The van der Waals surface area contributed by atoms with Crippen LogP contribution in [-0.2, 0) is 22.4 Å². The second-order valence-electron chi connectivity index (χ2n) is 13.3. The molecule has 4 aromatic rings. The Morgan fingerprint density at radius 2 is 1.43 bits per heavy atom. The van der Waals surface area contributed by atoms with Crippen molar-refractivity contribution in [1.29, 1.82) is 0 Å². The molecule has 0 unspecified atom stereocenters. The van der Waals surface area contributed by atoms with E-state index in [0.717, 1.165) is 102 Å². The van der Waals surface area contributed by atoms with Gasteiger partial charge >= 0.3 is 5.97 Å². The van der Waals surface area contributed by atoms with Gasteiger partial charge in [0.15, 0.2) is 0 Å². The van der Waals surface area contributed by atoms with Crippen LogP contribution in [0.1, 0.15) is 90.1 Å². The van der Waals surface area contributed by atoms with Gasteiger partial charge in [0, 0.05) is 52.6 Å². The predicted octanol–water partition coefficient (Wildman–Crippen LogP) is 9.17.